The summed E-state index contributed by atoms with van der Waals surface area (Å²) in [5.74, 6) is 1.08. The van der Waals surface area contributed by atoms with Gasteiger partial charge in [-0.05, 0) is 44.0 Å². The first-order valence-electron chi connectivity index (χ1n) is 8.64. The Morgan fingerprint density at radius 2 is 2.08 bits per heavy atom. The molecule has 2 aromatic carbocycles. The van der Waals surface area contributed by atoms with Gasteiger partial charge in [0, 0.05) is 18.4 Å². The molecule has 0 saturated carbocycles. The highest BCUT2D eigenvalue weighted by Gasteiger charge is 2.16. The summed E-state index contributed by atoms with van der Waals surface area (Å²) in [6.07, 6.45) is 2.28. The van der Waals surface area contributed by atoms with Crippen molar-refractivity contribution in [3.63, 3.8) is 0 Å². The standard InChI is InChI=1S/C20H23NO4/c1-2-23-19-11-4-3-10-18(19)20(22)21-15-7-5-8-16(13-15)25-14-17-9-6-12-24-17/h3-5,7-8,10-11,13,17H,2,6,9,12,14H2,1H3,(H,21,22)/t17-/m1/s1. The fraction of sp³-hybridized carbons (Fsp3) is 0.350. The third-order valence-corrected chi connectivity index (χ3v) is 3.98. The van der Waals surface area contributed by atoms with Gasteiger partial charge in [0.25, 0.3) is 5.91 Å². The van der Waals surface area contributed by atoms with Crippen LogP contribution in [0.15, 0.2) is 48.5 Å². The van der Waals surface area contributed by atoms with Gasteiger partial charge in [0.1, 0.15) is 18.1 Å². The predicted octanol–water partition coefficient (Wildman–Crippen LogP) is 3.90. The van der Waals surface area contributed by atoms with Crippen LogP contribution in [-0.2, 0) is 4.74 Å². The van der Waals surface area contributed by atoms with Crippen LogP contribution >= 0.6 is 0 Å². The van der Waals surface area contributed by atoms with Crippen LogP contribution in [0.4, 0.5) is 5.69 Å². The first-order chi connectivity index (χ1) is 12.3. The fourth-order valence-corrected chi connectivity index (χ4v) is 2.76. The maximum Gasteiger partial charge on any atom is 0.259 e. The first kappa shape index (κ1) is 17.3. The van der Waals surface area contributed by atoms with Crippen molar-refractivity contribution in [2.24, 2.45) is 0 Å². The van der Waals surface area contributed by atoms with Crippen LogP contribution in [0.3, 0.4) is 0 Å². The zero-order valence-corrected chi connectivity index (χ0v) is 14.4. The molecular formula is C20H23NO4. The normalized spacial score (nSPS) is 16.4. The molecule has 1 aliphatic heterocycles. The molecule has 0 bridgehead atoms. The van der Waals surface area contributed by atoms with Crippen molar-refractivity contribution in [1.82, 2.24) is 0 Å². The Balaban J connectivity index is 1.64. The molecule has 5 heteroatoms. The highest BCUT2D eigenvalue weighted by atomic mass is 16.5. The topological polar surface area (TPSA) is 56.8 Å². The zero-order chi connectivity index (χ0) is 17.5. The van der Waals surface area contributed by atoms with Gasteiger partial charge in [-0.25, -0.2) is 0 Å². The maximum absolute atomic E-state index is 12.5. The number of nitrogens with one attached hydrogen (secondary N) is 1. The van der Waals surface area contributed by atoms with E-state index in [9.17, 15) is 4.79 Å². The van der Waals surface area contributed by atoms with Gasteiger partial charge < -0.3 is 19.5 Å². The van der Waals surface area contributed by atoms with Crippen molar-refractivity contribution < 1.29 is 19.0 Å². The van der Waals surface area contributed by atoms with Gasteiger partial charge in [-0.15, -0.1) is 0 Å². The number of rotatable bonds is 7. The van der Waals surface area contributed by atoms with E-state index in [0.29, 0.717) is 36.0 Å². The van der Waals surface area contributed by atoms with Crippen molar-refractivity contribution in [2.45, 2.75) is 25.9 Å². The number of ether oxygens (including phenoxy) is 3. The van der Waals surface area contributed by atoms with E-state index >= 15 is 0 Å². The molecule has 1 N–H and O–H groups in total. The van der Waals surface area contributed by atoms with E-state index in [-0.39, 0.29) is 12.0 Å². The molecular weight excluding hydrogens is 318 g/mol. The SMILES string of the molecule is CCOc1ccccc1C(=O)Nc1cccc(OC[C@H]2CCCO2)c1. The smallest absolute Gasteiger partial charge is 0.259 e. The Morgan fingerprint density at radius 1 is 1.20 bits per heavy atom. The molecule has 1 aliphatic rings. The van der Waals surface area contributed by atoms with E-state index in [2.05, 4.69) is 5.32 Å². The minimum absolute atomic E-state index is 0.163. The van der Waals surface area contributed by atoms with Crippen LogP contribution in [0.25, 0.3) is 0 Å². The van der Waals surface area contributed by atoms with Crippen LogP contribution in [0.5, 0.6) is 11.5 Å². The number of benzene rings is 2. The van der Waals surface area contributed by atoms with E-state index in [1.54, 1.807) is 12.1 Å². The summed E-state index contributed by atoms with van der Waals surface area (Å²) in [5.41, 5.74) is 1.19. The third kappa shape index (κ3) is 4.73. The molecule has 0 spiro atoms. The number of carbonyl (C=O) groups excluding carboxylic acids is 1. The highest BCUT2D eigenvalue weighted by Crippen LogP contribution is 2.22. The lowest BCUT2D eigenvalue weighted by Crippen LogP contribution is -2.16. The third-order valence-electron chi connectivity index (χ3n) is 3.98. The summed E-state index contributed by atoms with van der Waals surface area (Å²) >= 11 is 0. The highest BCUT2D eigenvalue weighted by molar-refractivity contribution is 6.06. The van der Waals surface area contributed by atoms with Crippen LogP contribution in [-0.4, -0.2) is 31.8 Å². The van der Waals surface area contributed by atoms with Gasteiger partial charge in [0.15, 0.2) is 0 Å². The fourth-order valence-electron chi connectivity index (χ4n) is 2.76. The zero-order valence-electron chi connectivity index (χ0n) is 14.4. The summed E-state index contributed by atoms with van der Waals surface area (Å²) in [4.78, 5) is 12.5. The molecule has 2 aromatic rings. The van der Waals surface area contributed by atoms with Crippen LogP contribution in [0.1, 0.15) is 30.1 Å². The quantitative estimate of drug-likeness (QED) is 0.830. The summed E-state index contributed by atoms with van der Waals surface area (Å²) in [6.45, 7) is 3.74. The monoisotopic (exact) mass is 341 g/mol. The Labute approximate surface area is 147 Å². The van der Waals surface area contributed by atoms with Crippen molar-refractivity contribution in [3.8, 4) is 11.5 Å². The Morgan fingerprint density at radius 3 is 2.88 bits per heavy atom. The van der Waals surface area contributed by atoms with Crippen molar-refractivity contribution in [1.29, 1.82) is 0 Å². The van der Waals surface area contributed by atoms with Crippen molar-refractivity contribution in [2.75, 3.05) is 25.1 Å². The average Bonchev–Trinajstić information content (AvgIpc) is 3.15. The second-order valence-corrected chi connectivity index (χ2v) is 5.86. The van der Waals surface area contributed by atoms with Gasteiger partial charge in [0.05, 0.1) is 18.3 Å². The van der Waals surface area contributed by atoms with E-state index in [4.69, 9.17) is 14.2 Å². The van der Waals surface area contributed by atoms with Gasteiger partial charge in [-0.1, -0.05) is 18.2 Å². The van der Waals surface area contributed by atoms with E-state index in [1.165, 1.54) is 0 Å². The molecule has 132 valence electrons. The van der Waals surface area contributed by atoms with Gasteiger partial charge in [0.2, 0.25) is 0 Å². The van der Waals surface area contributed by atoms with Gasteiger partial charge in [-0.2, -0.15) is 0 Å². The van der Waals surface area contributed by atoms with Gasteiger partial charge >= 0.3 is 0 Å². The van der Waals surface area contributed by atoms with Crippen LogP contribution < -0.4 is 14.8 Å². The Kier molecular flexibility index (Phi) is 5.90. The van der Waals surface area contributed by atoms with E-state index in [0.717, 1.165) is 19.4 Å². The van der Waals surface area contributed by atoms with Crippen molar-refractivity contribution >= 4 is 11.6 Å². The number of carbonyl (C=O) groups is 1. The van der Waals surface area contributed by atoms with Crippen LogP contribution in [0, 0.1) is 0 Å². The number of hydrogen-bond donors (Lipinski definition) is 1. The second-order valence-electron chi connectivity index (χ2n) is 5.86. The maximum atomic E-state index is 12.5. The molecule has 5 nitrogen and oxygen atoms in total. The summed E-state index contributed by atoms with van der Waals surface area (Å²) in [5, 5.41) is 2.90. The molecule has 1 atom stereocenters. The lowest BCUT2D eigenvalue weighted by Gasteiger charge is -2.13. The molecule has 0 aromatic heterocycles. The summed E-state index contributed by atoms with van der Waals surface area (Å²) in [7, 11) is 0. The van der Waals surface area contributed by atoms with Crippen LogP contribution in [0.2, 0.25) is 0 Å². The largest absolute Gasteiger partial charge is 0.493 e. The minimum atomic E-state index is -0.208. The molecule has 1 fully saturated rings. The molecule has 1 heterocycles. The predicted molar refractivity (Wildman–Crippen MR) is 96.5 cm³/mol. The molecule has 25 heavy (non-hydrogen) atoms. The summed E-state index contributed by atoms with van der Waals surface area (Å²) < 4.78 is 16.8. The number of para-hydroxylation sites is 1. The molecule has 1 amide bonds. The molecule has 0 radical (unpaired) electrons. The van der Waals surface area contributed by atoms with Gasteiger partial charge in [-0.3, -0.25) is 4.79 Å². The average molecular weight is 341 g/mol. The lowest BCUT2D eigenvalue weighted by molar-refractivity contribution is 0.0680. The number of hydrogen-bond acceptors (Lipinski definition) is 4. The molecule has 0 unspecified atom stereocenters. The number of anilines is 1. The lowest BCUT2D eigenvalue weighted by atomic mass is 10.2. The second kappa shape index (κ2) is 8.53. The Hall–Kier alpha value is -2.53. The molecule has 3 rings (SSSR count). The van der Waals surface area contributed by atoms with E-state index < -0.39 is 0 Å². The first-order valence-corrected chi connectivity index (χ1v) is 8.64. The Bertz CT molecular complexity index is 710. The molecule has 1 saturated heterocycles. The summed E-state index contributed by atoms with van der Waals surface area (Å²) in [6, 6.07) is 14.6. The molecule has 0 aliphatic carbocycles. The minimum Gasteiger partial charge on any atom is -0.493 e. The van der Waals surface area contributed by atoms with E-state index in [1.807, 2.05) is 43.3 Å². The number of amides is 1. The van der Waals surface area contributed by atoms with Crippen molar-refractivity contribution in [3.05, 3.63) is 54.1 Å².